The van der Waals surface area contributed by atoms with E-state index in [0.717, 1.165) is 23.2 Å². The Morgan fingerprint density at radius 1 is 1.31 bits per heavy atom. The maximum Gasteiger partial charge on any atom is 0.0787 e. The second kappa shape index (κ2) is 4.49. The first-order valence-electron chi connectivity index (χ1n) is 5.50. The summed E-state index contributed by atoms with van der Waals surface area (Å²) in [4.78, 5) is 0. The van der Waals surface area contributed by atoms with E-state index in [1.807, 2.05) is 55.2 Å². The lowest BCUT2D eigenvalue weighted by molar-refractivity contribution is 0.173. The lowest BCUT2D eigenvalue weighted by atomic mass is 10.1. The molecule has 0 unspecified atom stereocenters. The lowest BCUT2D eigenvalue weighted by Crippen LogP contribution is -1.97. The molecular weight excluding hydrogens is 200 g/mol. The number of aromatic nitrogens is 2. The van der Waals surface area contributed by atoms with Crippen molar-refractivity contribution in [3.8, 4) is 5.69 Å². The van der Waals surface area contributed by atoms with Crippen molar-refractivity contribution in [1.82, 2.24) is 9.78 Å². The van der Waals surface area contributed by atoms with Gasteiger partial charge in [0.15, 0.2) is 0 Å². The summed E-state index contributed by atoms with van der Waals surface area (Å²) < 4.78 is 1.83. The van der Waals surface area contributed by atoms with E-state index in [2.05, 4.69) is 5.10 Å². The van der Waals surface area contributed by atoms with Crippen molar-refractivity contribution in [3.63, 3.8) is 0 Å². The minimum Gasteiger partial charge on any atom is -0.388 e. The molecule has 0 radical (unpaired) electrons. The van der Waals surface area contributed by atoms with E-state index in [1.165, 1.54) is 0 Å². The number of aryl methyl sites for hydroxylation is 1. The molecule has 1 atom stereocenters. The molecule has 3 heteroatoms. The average molecular weight is 216 g/mol. The van der Waals surface area contributed by atoms with Crippen LogP contribution in [0.15, 0.2) is 36.7 Å². The molecule has 0 saturated heterocycles. The molecule has 0 aliphatic heterocycles. The van der Waals surface area contributed by atoms with Gasteiger partial charge in [-0.2, -0.15) is 5.10 Å². The summed E-state index contributed by atoms with van der Waals surface area (Å²) in [5.74, 6) is 0. The van der Waals surface area contributed by atoms with Crippen LogP contribution in [0.25, 0.3) is 5.69 Å². The Morgan fingerprint density at radius 2 is 2.00 bits per heavy atom. The van der Waals surface area contributed by atoms with Gasteiger partial charge in [-0.05, 0) is 36.6 Å². The number of hydrogen-bond acceptors (Lipinski definition) is 2. The molecule has 3 nitrogen and oxygen atoms in total. The van der Waals surface area contributed by atoms with Gasteiger partial charge in [0.2, 0.25) is 0 Å². The maximum atomic E-state index is 9.67. The van der Waals surface area contributed by atoms with Crippen molar-refractivity contribution in [3.05, 3.63) is 47.8 Å². The summed E-state index contributed by atoms with van der Waals surface area (Å²) in [5.41, 5.74) is 3.10. The zero-order valence-corrected chi connectivity index (χ0v) is 9.59. The highest BCUT2D eigenvalue weighted by molar-refractivity contribution is 5.35. The average Bonchev–Trinajstić information content (AvgIpc) is 2.75. The highest BCUT2D eigenvalue weighted by Crippen LogP contribution is 2.18. The van der Waals surface area contributed by atoms with Crippen LogP contribution in [0.5, 0.6) is 0 Å². The monoisotopic (exact) mass is 216 g/mol. The largest absolute Gasteiger partial charge is 0.388 e. The Hall–Kier alpha value is -1.61. The molecule has 1 heterocycles. The van der Waals surface area contributed by atoms with E-state index < -0.39 is 0 Å². The van der Waals surface area contributed by atoms with E-state index in [1.54, 1.807) is 0 Å². The van der Waals surface area contributed by atoms with Gasteiger partial charge >= 0.3 is 0 Å². The highest BCUT2D eigenvalue weighted by atomic mass is 16.3. The molecular formula is C13H16N2O. The summed E-state index contributed by atoms with van der Waals surface area (Å²) in [6.45, 7) is 3.98. The van der Waals surface area contributed by atoms with Crippen molar-refractivity contribution < 1.29 is 5.11 Å². The summed E-state index contributed by atoms with van der Waals surface area (Å²) in [6.07, 6.45) is 4.17. The number of aliphatic hydroxyl groups is 1. The number of benzene rings is 1. The Bertz CT molecular complexity index is 459. The Kier molecular flexibility index (Phi) is 3.06. The van der Waals surface area contributed by atoms with Crippen molar-refractivity contribution in [2.24, 2.45) is 0 Å². The summed E-state index contributed by atoms with van der Waals surface area (Å²) in [5, 5.41) is 13.9. The third-order valence-electron chi connectivity index (χ3n) is 2.64. The predicted molar refractivity (Wildman–Crippen MR) is 63.6 cm³/mol. The second-order valence-electron chi connectivity index (χ2n) is 3.98. The quantitative estimate of drug-likeness (QED) is 0.856. The number of rotatable bonds is 3. The third kappa shape index (κ3) is 2.14. The molecule has 84 valence electrons. The predicted octanol–water partition coefficient (Wildman–Crippen LogP) is 2.62. The number of aliphatic hydroxyl groups excluding tert-OH is 1. The highest BCUT2D eigenvalue weighted by Gasteiger charge is 2.04. The molecule has 0 saturated carbocycles. The Morgan fingerprint density at radius 3 is 2.50 bits per heavy atom. The third-order valence-corrected chi connectivity index (χ3v) is 2.64. The molecule has 1 N–H and O–H groups in total. The molecule has 0 aliphatic carbocycles. The first-order chi connectivity index (χ1) is 7.70. The van der Waals surface area contributed by atoms with Gasteiger partial charge in [0, 0.05) is 6.20 Å². The van der Waals surface area contributed by atoms with Gasteiger partial charge < -0.3 is 5.11 Å². The summed E-state index contributed by atoms with van der Waals surface area (Å²) >= 11 is 0. The van der Waals surface area contributed by atoms with Gasteiger partial charge in [-0.3, -0.25) is 0 Å². The first kappa shape index (κ1) is 10.9. The van der Waals surface area contributed by atoms with Crippen molar-refractivity contribution in [2.45, 2.75) is 26.4 Å². The zero-order chi connectivity index (χ0) is 11.5. The van der Waals surface area contributed by atoms with Gasteiger partial charge in [0.1, 0.15) is 0 Å². The molecule has 1 aromatic heterocycles. The van der Waals surface area contributed by atoms with Gasteiger partial charge in [0.05, 0.1) is 18.0 Å². The van der Waals surface area contributed by atoms with Crippen LogP contribution >= 0.6 is 0 Å². The first-order valence-corrected chi connectivity index (χ1v) is 5.50. The molecule has 0 aliphatic rings. The SMILES string of the molecule is CC[C@H](O)c1ccc(-n2cc(C)cn2)cc1. The summed E-state index contributed by atoms with van der Waals surface area (Å²) in [6, 6.07) is 7.84. The topological polar surface area (TPSA) is 38.0 Å². The van der Waals surface area contributed by atoms with Crippen LogP contribution < -0.4 is 0 Å². The number of nitrogens with zero attached hydrogens (tertiary/aromatic N) is 2. The molecule has 1 aromatic carbocycles. The fraction of sp³-hybridized carbons (Fsp3) is 0.308. The fourth-order valence-corrected chi connectivity index (χ4v) is 1.64. The standard InChI is InChI=1S/C13H16N2O/c1-3-13(16)11-4-6-12(7-5-11)15-9-10(2)8-14-15/h4-9,13,16H,3H2,1-2H3/t13-/m0/s1. The minimum absolute atomic E-state index is 0.367. The molecule has 2 aromatic rings. The van der Waals surface area contributed by atoms with Crippen LogP contribution in [0.1, 0.15) is 30.6 Å². The van der Waals surface area contributed by atoms with Gasteiger partial charge in [-0.15, -0.1) is 0 Å². The van der Waals surface area contributed by atoms with Crippen LogP contribution in [-0.2, 0) is 0 Å². The van der Waals surface area contributed by atoms with Crippen LogP contribution in [0.3, 0.4) is 0 Å². The zero-order valence-electron chi connectivity index (χ0n) is 9.59. The van der Waals surface area contributed by atoms with Crippen molar-refractivity contribution in [1.29, 1.82) is 0 Å². The van der Waals surface area contributed by atoms with Crippen LogP contribution in [0.4, 0.5) is 0 Å². The number of hydrogen-bond donors (Lipinski definition) is 1. The van der Waals surface area contributed by atoms with Crippen LogP contribution in [0.2, 0.25) is 0 Å². The van der Waals surface area contributed by atoms with E-state index in [0.29, 0.717) is 0 Å². The van der Waals surface area contributed by atoms with Gasteiger partial charge in [-0.25, -0.2) is 4.68 Å². The van der Waals surface area contributed by atoms with Crippen LogP contribution in [0, 0.1) is 6.92 Å². The van der Waals surface area contributed by atoms with E-state index in [4.69, 9.17) is 0 Å². The molecule has 0 amide bonds. The Labute approximate surface area is 95.3 Å². The maximum absolute atomic E-state index is 9.67. The van der Waals surface area contributed by atoms with E-state index in [-0.39, 0.29) is 6.10 Å². The van der Waals surface area contributed by atoms with E-state index in [9.17, 15) is 5.11 Å². The lowest BCUT2D eigenvalue weighted by Gasteiger charge is -2.08. The van der Waals surface area contributed by atoms with Gasteiger partial charge in [0.25, 0.3) is 0 Å². The molecule has 0 bridgehead atoms. The molecule has 0 spiro atoms. The molecule has 2 rings (SSSR count). The Balaban J connectivity index is 2.25. The molecule has 0 fully saturated rings. The molecule has 16 heavy (non-hydrogen) atoms. The fourth-order valence-electron chi connectivity index (χ4n) is 1.64. The van der Waals surface area contributed by atoms with Gasteiger partial charge in [-0.1, -0.05) is 19.1 Å². The second-order valence-corrected chi connectivity index (χ2v) is 3.98. The van der Waals surface area contributed by atoms with Crippen molar-refractivity contribution >= 4 is 0 Å². The smallest absolute Gasteiger partial charge is 0.0787 e. The van der Waals surface area contributed by atoms with E-state index >= 15 is 0 Å². The van der Waals surface area contributed by atoms with Crippen molar-refractivity contribution in [2.75, 3.05) is 0 Å². The minimum atomic E-state index is -0.367. The normalized spacial score (nSPS) is 12.7. The van der Waals surface area contributed by atoms with Crippen LogP contribution in [-0.4, -0.2) is 14.9 Å². The summed E-state index contributed by atoms with van der Waals surface area (Å²) in [7, 11) is 0.